The molecule has 1 amide bonds. The summed E-state index contributed by atoms with van der Waals surface area (Å²) >= 11 is 0. The Balaban J connectivity index is 1.91. The van der Waals surface area contributed by atoms with Crippen molar-refractivity contribution in [3.05, 3.63) is 53.8 Å². The fourth-order valence-corrected chi connectivity index (χ4v) is 4.12. The van der Waals surface area contributed by atoms with E-state index in [4.69, 9.17) is 14.2 Å². The van der Waals surface area contributed by atoms with Gasteiger partial charge in [-0.3, -0.25) is 9.59 Å². The smallest absolute Gasteiger partial charge is 0.303 e. The monoisotopic (exact) mass is 457 g/mol. The maximum atomic E-state index is 14.0. The predicted molar refractivity (Wildman–Crippen MR) is 123 cm³/mol. The minimum absolute atomic E-state index is 0.0438. The van der Waals surface area contributed by atoms with Gasteiger partial charge in [0.15, 0.2) is 6.10 Å². The zero-order valence-corrected chi connectivity index (χ0v) is 19.8. The van der Waals surface area contributed by atoms with Crippen LogP contribution in [-0.4, -0.2) is 36.9 Å². The second-order valence-electron chi connectivity index (χ2n) is 8.68. The van der Waals surface area contributed by atoms with Gasteiger partial charge in [0.2, 0.25) is 12.2 Å². The maximum absolute atomic E-state index is 14.0. The number of esters is 1. The molecule has 1 aliphatic heterocycles. The zero-order valence-electron chi connectivity index (χ0n) is 19.8. The third kappa shape index (κ3) is 6.32. The van der Waals surface area contributed by atoms with Crippen molar-refractivity contribution in [2.24, 2.45) is 11.8 Å². The van der Waals surface area contributed by atoms with Gasteiger partial charge < -0.3 is 19.5 Å². The molecule has 1 aliphatic rings. The van der Waals surface area contributed by atoms with E-state index < -0.39 is 12.4 Å². The van der Waals surface area contributed by atoms with Crippen molar-refractivity contribution >= 4 is 11.9 Å². The molecule has 0 radical (unpaired) electrons. The minimum atomic E-state index is -0.763. The highest BCUT2D eigenvalue weighted by Gasteiger charge is 2.43. The Labute approximate surface area is 194 Å². The van der Waals surface area contributed by atoms with Crippen LogP contribution in [0.3, 0.4) is 0 Å². The second-order valence-corrected chi connectivity index (χ2v) is 8.68. The molecule has 178 valence electrons. The van der Waals surface area contributed by atoms with Crippen molar-refractivity contribution in [1.29, 1.82) is 0 Å². The fourth-order valence-electron chi connectivity index (χ4n) is 4.12. The van der Waals surface area contributed by atoms with Crippen LogP contribution in [0.15, 0.2) is 42.5 Å². The van der Waals surface area contributed by atoms with Crippen LogP contribution in [-0.2, 0) is 25.5 Å². The van der Waals surface area contributed by atoms with Gasteiger partial charge in [-0.25, -0.2) is 4.39 Å². The summed E-state index contributed by atoms with van der Waals surface area (Å²) in [6.07, 6.45) is -0.810. The fraction of sp³-hybridized carbons (Fsp3) is 0.462. The van der Waals surface area contributed by atoms with E-state index >= 15 is 0 Å². The summed E-state index contributed by atoms with van der Waals surface area (Å²) in [4.78, 5) is 23.0. The first-order valence-electron chi connectivity index (χ1n) is 11.3. The van der Waals surface area contributed by atoms with Crippen LogP contribution in [0, 0.1) is 17.7 Å². The lowest BCUT2D eigenvalue weighted by Gasteiger charge is -2.42. The molecule has 7 heteroatoms. The van der Waals surface area contributed by atoms with Gasteiger partial charge in [-0.05, 0) is 60.2 Å². The van der Waals surface area contributed by atoms with E-state index in [1.165, 1.54) is 26.0 Å². The summed E-state index contributed by atoms with van der Waals surface area (Å²) in [6, 6.07) is 11.9. The molecular formula is C26H32FNO5. The molecule has 33 heavy (non-hydrogen) atoms. The molecule has 0 aromatic heterocycles. The highest BCUT2D eigenvalue weighted by atomic mass is 19.1. The van der Waals surface area contributed by atoms with Crippen LogP contribution >= 0.6 is 0 Å². The van der Waals surface area contributed by atoms with E-state index in [0.717, 1.165) is 11.1 Å². The molecule has 0 spiro atoms. The third-order valence-corrected chi connectivity index (χ3v) is 6.24. The Bertz CT molecular complexity index is 994. The molecule has 0 bridgehead atoms. The van der Waals surface area contributed by atoms with Gasteiger partial charge in [-0.2, -0.15) is 0 Å². The molecular weight excluding hydrogens is 425 g/mol. The number of carbonyl (C=O) groups is 2. The van der Waals surface area contributed by atoms with Crippen molar-refractivity contribution in [3.8, 4) is 16.9 Å². The van der Waals surface area contributed by atoms with Gasteiger partial charge in [-0.15, -0.1) is 0 Å². The molecule has 5 atom stereocenters. The number of halogens is 1. The van der Waals surface area contributed by atoms with E-state index in [1.54, 1.807) is 6.07 Å². The molecule has 1 unspecified atom stereocenters. The summed E-state index contributed by atoms with van der Waals surface area (Å²) in [5.41, 5.74) is 2.44. The van der Waals surface area contributed by atoms with Crippen LogP contribution < -0.4 is 10.1 Å². The van der Waals surface area contributed by atoms with Crippen LogP contribution in [0.4, 0.5) is 4.39 Å². The Morgan fingerprint density at radius 2 is 1.82 bits per heavy atom. The molecule has 1 saturated heterocycles. The third-order valence-electron chi connectivity index (χ3n) is 6.24. The number of carbonyl (C=O) groups excluding carboxylic acids is 2. The van der Waals surface area contributed by atoms with E-state index in [0.29, 0.717) is 24.3 Å². The number of rotatable bonds is 7. The number of benzene rings is 2. The zero-order chi connectivity index (χ0) is 24.1. The Kier molecular flexibility index (Phi) is 8.08. The van der Waals surface area contributed by atoms with Gasteiger partial charge >= 0.3 is 5.97 Å². The SMILES string of the molecule is CC(=O)NCCc1ccc(O[C@@H]2O[C@@H](C)[C@H](C)[C@@H](C)C2OC(C)=O)cc1-c1cccc(F)c1. The van der Waals surface area contributed by atoms with Crippen molar-refractivity contribution in [2.45, 2.75) is 59.5 Å². The number of nitrogens with one attached hydrogen (secondary N) is 1. The van der Waals surface area contributed by atoms with Crippen LogP contribution in [0.1, 0.15) is 40.2 Å². The quantitative estimate of drug-likeness (QED) is 0.620. The Morgan fingerprint density at radius 3 is 2.48 bits per heavy atom. The van der Waals surface area contributed by atoms with E-state index in [2.05, 4.69) is 12.2 Å². The first kappa shape index (κ1) is 24.7. The average Bonchev–Trinajstić information content (AvgIpc) is 2.75. The highest BCUT2D eigenvalue weighted by molar-refractivity contribution is 5.73. The normalized spacial score (nSPS) is 24.7. The summed E-state index contributed by atoms with van der Waals surface area (Å²) in [5, 5.41) is 2.79. The predicted octanol–water partition coefficient (Wildman–Crippen LogP) is 4.50. The molecule has 3 rings (SSSR count). The van der Waals surface area contributed by atoms with Crippen LogP contribution in [0.5, 0.6) is 5.75 Å². The summed E-state index contributed by atoms with van der Waals surface area (Å²) in [7, 11) is 0. The first-order chi connectivity index (χ1) is 15.7. The number of hydrogen-bond acceptors (Lipinski definition) is 5. The van der Waals surface area contributed by atoms with E-state index in [1.807, 2.05) is 38.1 Å². The topological polar surface area (TPSA) is 73.9 Å². The largest absolute Gasteiger partial charge is 0.461 e. The van der Waals surface area contributed by atoms with Gasteiger partial charge in [0.25, 0.3) is 0 Å². The Morgan fingerprint density at radius 1 is 1.06 bits per heavy atom. The average molecular weight is 458 g/mol. The second kappa shape index (κ2) is 10.8. The molecule has 6 nitrogen and oxygen atoms in total. The number of amides is 1. The minimum Gasteiger partial charge on any atom is -0.461 e. The molecule has 2 aromatic rings. The van der Waals surface area contributed by atoms with Crippen molar-refractivity contribution in [3.63, 3.8) is 0 Å². The summed E-state index contributed by atoms with van der Waals surface area (Å²) in [6.45, 7) is 9.37. The standard InChI is InChI=1S/C26H32FNO5/c1-15-16(2)25(32-19(5)30)26(31-17(15)3)33-23-10-9-20(11-12-28-18(4)29)24(14-23)21-7-6-8-22(27)13-21/h6-10,13-17,25-26H,11-12H2,1-5H3,(H,28,29)/t15-,16-,17+,25?,26+/m1/s1. The van der Waals surface area contributed by atoms with E-state index in [9.17, 15) is 14.0 Å². The maximum Gasteiger partial charge on any atom is 0.303 e. The molecule has 1 fully saturated rings. The van der Waals surface area contributed by atoms with Gasteiger partial charge in [0, 0.05) is 26.3 Å². The highest BCUT2D eigenvalue weighted by Crippen LogP contribution is 2.35. The summed E-state index contributed by atoms with van der Waals surface area (Å²) in [5.74, 6) is -0.0804. The van der Waals surface area contributed by atoms with Crippen LogP contribution in [0.2, 0.25) is 0 Å². The van der Waals surface area contributed by atoms with Crippen LogP contribution in [0.25, 0.3) is 11.1 Å². The lowest BCUT2D eigenvalue weighted by Crippen LogP contribution is -2.52. The van der Waals surface area contributed by atoms with Crippen molar-refractivity contribution < 1.29 is 28.2 Å². The Hall–Kier alpha value is -2.93. The van der Waals surface area contributed by atoms with Gasteiger partial charge in [-0.1, -0.05) is 32.0 Å². The molecule has 2 aromatic carbocycles. The number of hydrogen-bond donors (Lipinski definition) is 1. The molecule has 1 heterocycles. The molecule has 0 saturated carbocycles. The first-order valence-corrected chi connectivity index (χ1v) is 11.3. The summed E-state index contributed by atoms with van der Waals surface area (Å²) < 4.78 is 31.8. The van der Waals surface area contributed by atoms with Gasteiger partial charge in [0.05, 0.1) is 6.10 Å². The van der Waals surface area contributed by atoms with Gasteiger partial charge in [0.1, 0.15) is 11.6 Å². The molecule has 0 aliphatic carbocycles. The number of ether oxygens (including phenoxy) is 3. The lowest BCUT2D eigenvalue weighted by atomic mass is 9.84. The van der Waals surface area contributed by atoms with E-state index in [-0.39, 0.29) is 35.6 Å². The van der Waals surface area contributed by atoms with Crippen molar-refractivity contribution in [1.82, 2.24) is 5.32 Å². The lowest BCUT2D eigenvalue weighted by molar-refractivity contribution is -0.242. The molecule has 1 N–H and O–H groups in total. The van der Waals surface area contributed by atoms with Crippen molar-refractivity contribution in [2.75, 3.05) is 6.54 Å².